The van der Waals surface area contributed by atoms with Crippen LogP contribution in [0.15, 0.2) is 24.3 Å². The number of phenols is 1. The van der Waals surface area contributed by atoms with Gasteiger partial charge >= 0.3 is 0 Å². The van der Waals surface area contributed by atoms with Crippen molar-refractivity contribution in [2.45, 2.75) is 46.1 Å². The fourth-order valence-corrected chi connectivity index (χ4v) is 4.22. The van der Waals surface area contributed by atoms with Gasteiger partial charge in [-0.05, 0) is 48.1 Å². The number of nitrogens with one attached hydrogen (secondary N) is 1. The van der Waals surface area contributed by atoms with Crippen molar-refractivity contribution in [1.82, 2.24) is 0 Å². The Hall–Kier alpha value is -1.18. The molecule has 0 radical (unpaired) electrons. The van der Waals surface area contributed by atoms with Crippen LogP contribution in [0.4, 0.5) is 5.69 Å². The van der Waals surface area contributed by atoms with E-state index in [1.807, 2.05) is 18.2 Å². The standard InChI is InChI=1S/C16H23NO/c1-15(2)11-7-8-16(15,3)14(9-11)17-12-5-4-6-13(18)10-12/h4-6,10-11,14,17-18H,7-9H2,1-3H3. The van der Waals surface area contributed by atoms with E-state index in [9.17, 15) is 5.11 Å². The van der Waals surface area contributed by atoms with Gasteiger partial charge in [0.2, 0.25) is 0 Å². The van der Waals surface area contributed by atoms with E-state index in [2.05, 4.69) is 26.1 Å². The fourth-order valence-electron chi connectivity index (χ4n) is 4.22. The van der Waals surface area contributed by atoms with Gasteiger partial charge in [-0.1, -0.05) is 26.8 Å². The quantitative estimate of drug-likeness (QED) is 0.825. The first-order valence-corrected chi connectivity index (χ1v) is 6.99. The SMILES string of the molecule is CC1(C)C2CCC1(C)C(Nc1cccc(O)c1)C2. The molecule has 3 rings (SSSR count). The lowest BCUT2D eigenvalue weighted by molar-refractivity contribution is 0.142. The zero-order valence-electron chi connectivity index (χ0n) is 11.5. The average molecular weight is 245 g/mol. The van der Waals surface area contributed by atoms with Crippen molar-refractivity contribution in [3.8, 4) is 5.75 Å². The maximum Gasteiger partial charge on any atom is 0.117 e. The molecule has 0 saturated heterocycles. The summed E-state index contributed by atoms with van der Waals surface area (Å²) in [5.41, 5.74) is 1.86. The van der Waals surface area contributed by atoms with E-state index in [0.717, 1.165) is 11.6 Å². The molecule has 2 aliphatic carbocycles. The summed E-state index contributed by atoms with van der Waals surface area (Å²) in [6.07, 6.45) is 3.96. The van der Waals surface area contributed by atoms with E-state index < -0.39 is 0 Å². The Morgan fingerprint density at radius 1 is 1.28 bits per heavy atom. The van der Waals surface area contributed by atoms with E-state index in [4.69, 9.17) is 0 Å². The van der Waals surface area contributed by atoms with Crippen molar-refractivity contribution < 1.29 is 5.11 Å². The third-order valence-corrected chi connectivity index (χ3v) is 5.98. The number of phenolic OH excluding ortho intramolecular Hbond substituents is 1. The minimum Gasteiger partial charge on any atom is -0.508 e. The molecule has 98 valence electrons. The van der Waals surface area contributed by atoms with Crippen molar-refractivity contribution in [2.24, 2.45) is 16.7 Å². The molecule has 2 saturated carbocycles. The van der Waals surface area contributed by atoms with Crippen LogP contribution in [0, 0.1) is 16.7 Å². The topological polar surface area (TPSA) is 32.3 Å². The molecule has 2 heteroatoms. The summed E-state index contributed by atoms with van der Waals surface area (Å²) >= 11 is 0. The van der Waals surface area contributed by atoms with Gasteiger partial charge in [-0.3, -0.25) is 0 Å². The zero-order valence-corrected chi connectivity index (χ0v) is 11.5. The van der Waals surface area contributed by atoms with Crippen LogP contribution >= 0.6 is 0 Å². The van der Waals surface area contributed by atoms with Crippen molar-refractivity contribution in [3.05, 3.63) is 24.3 Å². The number of fused-ring (bicyclic) bond motifs is 2. The first-order chi connectivity index (χ1) is 8.43. The van der Waals surface area contributed by atoms with Crippen molar-refractivity contribution in [2.75, 3.05) is 5.32 Å². The summed E-state index contributed by atoms with van der Waals surface area (Å²) in [5, 5.41) is 13.2. The first kappa shape index (κ1) is 11.9. The Morgan fingerprint density at radius 3 is 2.61 bits per heavy atom. The molecular weight excluding hydrogens is 222 g/mol. The summed E-state index contributed by atoms with van der Waals surface area (Å²) in [4.78, 5) is 0. The molecule has 1 aromatic rings. The fraction of sp³-hybridized carbons (Fsp3) is 0.625. The largest absolute Gasteiger partial charge is 0.508 e. The molecule has 0 amide bonds. The third-order valence-electron chi connectivity index (χ3n) is 5.98. The van der Waals surface area contributed by atoms with E-state index >= 15 is 0 Å². The van der Waals surface area contributed by atoms with Gasteiger partial charge in [-0.15, -0.1) is 0 Å². The van der Waals surface area contributed by atoms with E-state index in [1.54, 1.807) is 6.07 Å². The maximum atomic E-state index is 9.55. The van der Waals surface area contributed by atoms with E-state index in [-0.39, 0.29) is 0 Å². The number of anilines is 1. The zero-order chi connectivity index (χ0) is 13.0. The van der Waals surface area contributed by atoms with Gasteiger partial charge in [0.1, 0.15) is 5.75 Å². The first-order valence-electron chi connectivity index (χ1n) is 6.99. The van der Waals surface area contributed by atoms with Gasteiger partial charge in [0.25, 0.3) is 0 Å². The molecule has 2 bridgehead atoms. The Bertz CT molecular complexity index is 468. The Morgan fingerprint density at radius 2 is 2.06 bits per heavy atom. The monoisotopic (exact) mass is 245 g/mol. The second-order valence-corrected chi connectivity index (χ2v) is 6.86. The summed E-state index contributed by atoms with van der Waals surface area (Å²) in [6.45, 7) is 7.28. The van der Waals surface area contributed by atoms with E-state index in [1.165, 1.54) is 19.3 Å². The van der Waals surface area contributed by atoms with Gasteiger partial charge in [0, 0.05) is 17.8 Å². The van der Waals surface area contributed by atoms with E-state index in [0.29, 0.717) is 22.6 Å². The average Bonchev–Trinajstić information content (AvgIpc) is 2.62. The summed E-state index contributed by atoms with van der Waals surface area (Å²) in [5.74, 6) is 1.19. The molecule has 0 heterocycles. The van der Waals surface area contributed by atoms with Crippen LogP contribution in [0.1, 0.15) is 40.0 Å². The minimum atomic E-state index is 0.340. The van der Waals surface area contributed by atoms with Gasteiger partial charge in [-0.25, -0.2) is 0 Å². The smallest absolute Gasteiger partial charge is 0.117 e. The molecule has 0 spiro atoms. The molecule has 2 fully saturated rings. The minimum absolute atomic E-state index is 0.340. The van der Waals surface area contributed by atoms with Gasteiger partial charge in [-0.2, -0.15) is 0 Å². The highest BCUT2D eigenvalue weighted by atomic mass is 16.3. The highest BCUT2D eigenvalue weighted by Crippen LogP contribution is 2.65. The number of hydrogen-bond acceptors (Lipinski definition) is 2. The van der Waals surface area contributed by atoms with Crippen LogP contribution in [0.25, 0.3) is 0 Å². The summed E-state index contributed by atoms with van der Waals surface area (Å²) in [7, 11) is 0. The number of aromatic hydroxyl groups is 1. The number of benzene rings is 1. The summed E-state index contributed by atoms with van der Waals surface area (Å²) < 4.78 is 0. The van der Waals surface area contributed by atoms with Crippen LogP contribution in [-0.2, 0) is 0 Å². The predicted molar refractivity (Wildman–Crippen MR) is 74.7 cm³/mol. The molecule has 2 nitrogen and oxygen atoms in total. The highest BCUT2D eigenvalue weighted by Gasteiger charge is 2.61. The van der Waals surface area contributed by atoms with Crippen molar-refractivity contribution >= 4 is 5.69 Å². The van der Waals surface area contributed by atoms with Crippen LogP contribution in [-0.4, -0.2) is 11.1 Å². The lowest BCUT2D eigenvalue weighted by Crippen LogP contribution is -2.40. The molecule has 0 aromatic heterocycles. The van der Waals surface area contributed by atoms with Gasteiger partial charge in [0.05, 0.1) is 0 Å². The maximum absolute atomic E-state index is 9.55. The molecular formula is C16H23NO. The van der Waals surface area contributed by atoms with Gasteiger partial charge in [0.15, 0.2) is 0 Å². The lowest BCUT2D eigenvalue weighted by Gasteiger charge is -2.40. The van der Waals surface area contributed by atoms with Crippen LogP contribution < -0.4 is 5.32 Å². The van der Waals surface area contributed by atoms with Crippen molar-refractivity contribution in [3.63, 3.8) is 0 Å². The van der Waals surface area contributed by atoms with Gasteiger partial charge < -0.3 is 10.4 Å². The van der Waals surface area contributed by atoms with Crippen LogP contribution in [0.5, 0.6) is 5.75 Å². The molecule has 3 atom stereocenters. The van der Waals surface area contributed by atoms with Crippen LogP contribution in [0.2, 0.25) is 0 Å². The molecule has 2 N–H and O–H groups in total. The number of rotatable bonds is 2. The second-order valence-electron chi connectivity index (χ2n) is 6.86. The predicted octanol–water partition coefficient (Wildman–Crippen LogP) is 4.02. The lowest BCUT2D eigenvalue weighted by atomic mass is 9.69. The molecule has 1 aromatic carbocycles. The Labute approximate surface area is 109 Å². The molecule has 2 aliphatic rings. The van der Waals surface area contributed by atoms with Crippen LogP contribution in [0.3, 0.4) is 0 Å². The molecule has 3 unspecified atom stereocenters. The normalized spacial score (nSPS) is 36.8. The summed E-state index contributed by atoms with van der Waals surface area (Å²) in [6, 6.07) is 8.02. The Kier molecular flexibility index (Phi) is 2.42. The molecule has 18 heavy (non-hydrogen) atoms. The van der Waals surface area contributed by atoms with Crippen molar-refractivity contribution in [1.29, 1.82) is 0 Å². The third kappa shape index (κ3) is 1.47. The second kappa shape index (κ2) is 3.66. The Balaban J connectivity index is 1.84. The number of hydrogen-bond donors (Lipinski definition) is 2. The molecule has 0 aliphatic heterocycles. The highest BCUT2D eigenvalue weighted by molar-refractivity contribution is 5.49.